The first-order chi connectivity index (χ1) is 12.8. The van der Waals surface area contributed by atoms with Crippen molar-refractivity contribution in [3.63, 3.8) is 0 Å². The highest BCUT2D eigenvalue weighted by Crippen LogP contribution is 2.66. The van der Waals surface area contributed by atoms with Gasteiger partial charge in [-0.05, 0) is 98.2 Å². The van der Waals surface area contributed by atoms with Gasteiger partial charge in [-0.1, -0.05) is 71.4 Å². The molecule has 3 saturated carbocycles. The fourth-order valence-corrected chi connectivity index (χ4v) is 8.42. The Kier molecular flexibility index (Phi) is 5.59. The Morgan fingerprint density at radius 3 is 2.44 bits per heavy atom. The molecule has 3 fully saturated rings. The van der Waals surface area contributed by atoms with Gasteiger partial charge in [-0.3, -0.25) is 0 Å². The number of hydrogen-bond donors (Lipinski definition) is 0. The second-order valence-electron chi connectivity index (χ2n) is 12.0. The molecule has 0 bridgehead atoms. The summed E-state index contributed by atoms with van der Waals surface area (Å²) in [6.45, 7) is 12.7. The third-order valence-electron chi connectivity index (χ3n) is 10.0. The molecule has 0 radical (unpaired) electrons. The summed E-state index contributed by atoms with van der Waals surface area (Å²) in [6.07, 6.45) is 19.3. The predicted octanol–water partition coefficient (Wildman–Crippen LogP) is 8.56. The Hall–Kier alpha value is -0.260. The molecule has 0 spiro atoms. The largest absolute Gasteiger partial charge is 0.0676 e. The molecule has 4 rings (SSSR count). The van der Waals surface area contributed by atoms with Crippen LogP contribution in [0.2, 0.25) is 0 Å². The van der Waals surface area contributed by atoms with Crippen molar-refractivity contribution in [2.45, 2.75) is 118 Å². The molecule has 4 aliphatic carbocycles. The van der Waals surface area contributed by atoms with Crippen LogP contribution in [0.4, 0.5) is 0 Å². The molecule has 0 heterocycles. The second-order valence-corrected chi connectivity index (χ2v) is 12.0. The topological polar surface area (TPSA) is 0 Å². The van der Waals surface area contributed by atoms with Crippen LogP contribution in [0.3, 0.4) is 0 Å². The summed E-state index contributed by atoms with van der Waals surface area (Å²) in [6, 6.07) is 0. The molecule has 0 saturated heterocycles. The highest BCUT2D eigenvalue weighted by Gasteiger charge is 2.56. The zero-order chi connectivity index (χ0) is 19.2. The Labute approximate surface area is 170 Å². The number of allylic oxidation sites excluding steroid dienone is 2. The van der Waals surface area contributed by atoms with Crippen LogP contribution >= 0.6 is 0 Å². The molecule has 0 aromatic heterocycles. The highest BCUT2D eigenvalue weighted by molar-refractivity contribution is 5.33. The third kappa shape index (κ3) is 3.46. The van der Waals surface area contributed by atoms with Gasteiger partial charge in [-0.25, -0.2) is 0 Å². The molecule has 0 N–H and O–H groups in total. The molecule has 4 aliphatic rings. The summed E-state index contributed by atoms with van der Waals surface area (Å²) in [4.78, 5) is 0. The van der Waals surface area contributed by atoms with Crippen LogP contribution in [0.5, 0.6) is 0 Å². The zero-order valence-corrected chi connectivity index (χ0v) is 19.1. The van der Waals surface area contributed by atoms with Crippen LogP contribution in [-0.4, -0.2) is 0 Å². The van der Waals surface area contributed by atoms with Crippen LogP contribution in [0.25, 0.3) is 0 Å². The monoisotopic (exact) mass is 370 g/mol. The quantitative estimate of drug-likeness (QED) is 0.425. The number of hydrogen-bond acceptors (Lipinski definition) is 0. The van der Waals surface area contributed by atoms with E-state index in [0.29, 0.717) is 10.8 Å². The van der Waals surface area contributed by atoms with E-state index in [2.05, 4.69) is 34.6 Å². The van der Waals surface area contributed by atoms with E-state index in [4.69, 9.17) is 0 Å². The number of fused-ring (bicyclic) bond motifs is 5. The van der Waals surface area contributed by atoms with Crippen molar-refractivity contribution >= 4 is 0 Å². The second kappa shape index (κ2) is 7.53. The van der Waals surface area contributed by atoms with Crippen molar-refractivity contribution in [3.8, 4) is 0 Å². The van der Waals surface area contributed by atoms with Gasteiger partial charge in [0.2, 0.25) is 0 Å². The summed E-state index contributed by atoms with van der Waals surface area (Å²) in [5, 5.41) is 0. The van der Waals surface area contributed by atoms with Crippen molar-refractivity contribution in [1.29, 1.82) is 0 Å². The fourth-order valence-electron chi connectivity index (χ4n) is 8.42. The molecular formula is C27H46. The minimum atomic E-state index is 0.573. The van der Waals surface area contributed by atoms with E-state index in [-0.39, 0.29) is 0 Å². The van der Waals surface area contributed by atoms with Gasteiger partial charge in [0.05, 0.1) is 0 Å². The first-order valence-electron chi connectivity index (χ1n) is 12.6. The maximum atomic E-state index is 2.71. The van der Waals surface area contributed by atoms with Gasteiger partial charge in [0.25, 0.3) is 0 Å². The van der Waals surface area contributed by atoms with E-state index in [0.717, 1.165) is 29.6 Å². The minimum Gasteiger partial charge on any atom is -0.0676 e. The van der Waals surface area contributed by atoms with E-state index < -0.39 is 0 Å². The van der Waals surface area contributed by atoms with Crippen LogP contribution < -0.4 is 0 Å². The lowest BCUT2D eigenvalue weighted by Crippen LogP contribution is -2.50. The Morgan fingerprint density at radius 2 is 1.67 bits per heavy atom. The van der Waals surface area contributed by atoms with Crippen LogP contribution in [-0.2, 0) is 0 Å². The lowest BCUT2D eigenvalue weighted by Gasteiger charge is -2.59. The minimum absolute atomic E-state index is 0.573. The molecule has 0 amide bonds. The third-order valence-corrected chi connectivity index (χ3v) is 10.0. The zero-order valence-electron chi connectivity index (χ0n) is 19.1. The highest BCUT2D eigenvalue weighted by atomic mass is 14.6. The van der Waals surface area contributed by atoms with E-state index in [1.165, 1.54) is 77.0 Å². The van der Waals surface area contributed by atoms with E-state index in [1.54, 1.807) is 6.42 Å². The average molecular weight is 371 g/mol. The lowest BCUT2D eigenvalue weighted by atomic mass is 9.46. The molecule has 154 valence electrons. The normalized spacial score (nSPS) is 42.7. The van der Waals surface area contributed by atoms with Gasteiger partial charge in [0.1, 0.15) is 0 Å². The SMILES string of the molecule is CC(C)CCCC(C)C1=C2CCC3C4CCCCC4(C)CCC3C2(C)CC1. The Morgan fingerprint density at radius 1 is 0.852 bits per heavy atom. The molecule has 0 aliphatic heterocycles. The standard InChI is InChI=1S/C27H46/c1-19(2)9-8-10-20(3)21-14-18-27(5)24(21)13-12-22-23-11-6-7-16-26(23,4)17-15-25(22)27/h19-20,22-23,25H,6-18H2,1-5H3. The van der Waals surface area contributed by atoms with Crippen molar-refractivity contribution in [1.82, 2.24) is 0 Å². The Balaban J connectivity index is 1.52. The fraction of sp³-hybridized carbons (Fsp3) is 0.926. The molecule has 27 heavy (non-hydrogen) atoms. The molecule has 0 aromatic carbocycles. The van der Waals surface area contributed by atoms with Crippen LogP contribution in [0.1, 0.15) is 118 Å². The van der Waals surface area contributed by atoms with E-state index >= 15 is 0 Å². The number of rotatable bonds is 5. The van der Waals surface area contributed by atoms with Gasteiger partial charge in [-0.2, -0.15) is 0 Å². The van der Waals surface area contributed by atoms with E-state index in [1.807, 2.05) is 11.1 Å². The predicted molar refractivity (Wildman–Crippen MR) is 118 cm³/mol. The van der Waals surface area contributed by atoms with Gasteiger partial charge >= 0.3 is 0 Å². The summed E-state index contributed by atoms with van der Waals surface area (Å²) in [5.41, 5.74) is 5.17. The lowest BCUT2D eigenvalue weighted by molar-refractivity contribution is -0.0674. The first kappa shape index (κ1) is 20.0. The summed E-state index contributed by atoms with van der Waals surface area (Å²) in [7, 11) is 0. The molecule has 0 aromatic rings. The van der Waals surface area contributed by atoms with Crippen LogP contribution in [0.15, 0.2) is 11.1 Å². The van der Waals surface area contributed by atoms with Gasteiger partial charge in [0, 0.05) is 0 Å². The van der Waals surface area contributed by atoms with Crippen molar-refractivity contribution in [2.75, 3.05) is 0 Å². The molecule has 6 unspecified atom stereocenters. The maximum absolute atomic E-state index is 2.71. The van der Waals surface area contributed by atoms with Gasteiger partial charge in [0.15, 0.2) is 0 Å². The summed E-state index contributed by atoms with van der Waals surface area (Å²) >= 11 is 0. The van der Waals surface area contributed by atoms with Crippen LogP contribution in [0, 0.1) is 40.4 Å². The molecule has 0 nitrogen and oxygen atoms in total. The maximum Gasteiger partial charge on any atom is -0.00796 e. The molecule has 6 atom stereocenters. The average Bonchev–Trinajstić information content (AvgIpc) is 2.98. The van der Waals surface area contributed by atoms with Crippen molar-refractivity contribution < 1.29 is 0 Å². The van der Waals surface area contributed by atoms with Gasteiger partial charge in [-0.15, -0.1) is 0 Å². The van der Waals surface area contributed by atoms with Crippen molar-refractivity contribution in [3.05, 3.63) is 11.1 Å². The molecular weight excluding hydrogens is 324 g/mol. The molecule has 0 heteroatoms. The Bertz CT molecular complexity index is 569. The van der Waals surface area contributed by atoms with Gasteiger partial charge < -0.3 is 0 Å². The smallest absolute Gasteiger partial charge is 0.00796 e. The van der Waals surface area contributed by atoms with Crippen molar-refractivity contribution in [2.24, 2.45) is 40.4 Å². The first-order valence-corrected chi connectivity index (χ1v) is 12.6. The van der Waals surface area contributed by atoms with E-state index in [9.17, 15) is 0 Å². The summed E-state index contributed by atoms with van der Waals surface area (Å²) in [5.74, 6) is 4.83. The summed E-state index contributed by atoms with van der Waals surface area (Å²) < 4.78 is 0.